The predicted octanol–water partition coefficient (Wildman–Crippen LogP) is 5.25. The lowest BCUT2D eigenvalue weighted by molar-refractivity contribution is 0.0937. The first-order chi connectivity index (χ1) is 20.4. The number of H-pyrrole nitrogens is 1. The number of halogens is 2. The normalized spacial score (nSPS) is 17.1. The van der Waals surface area contributed by atoms with E-state index in [2.05, 4.69) is 20.3 Å². The fourth-order valence-electron chi connectivity index (χ4n) is 5.99. The number of aromatic amines is 1. The van der Waals surface area contributed by atoms with Crippen LogP contribution in [0.4, 0.5) is 14.6 Å². The number of nitrogen functional groups attached to an aromatic ring is 1. The summed E-state index contributed by atoms with van der Waals surface area (Å²) in [5.41, 5.74) is 10.5. The molecule has 1 saturated carbocycles. The van der Waals surface area contributed by atoms with Crippen molar-refractivity contribution >= 4 is 33.5 Å². The van der Waals surface area contributed by atoms with Gasteiger partial charge >= 0.3 is 0 Å². The first-order valence-corrected chi connectivity index (χ1v) is 13.9. The first-order valence-electron chi connectivity index (χ1n) is 13.9. The molecule has 210 valence electrons. The maximum Gasteiger partial charge on any atom is 0.273 e. The number of rotatable bonds is 6. The topological polar surface area (TPSA) is 119 Å². The summed E-state index contributed by atoms with van der Waals surface area (Å²) in [4.78, 5) is 25.9. The van der Waals surface area contributed by atoms with Crippen LogP contribution in [-0.4, -0.2) is 41.4 Å². The quantitative estimate of drug-likeness (QED) is 0.255. The smallest absolute Gasteiger partial charge is 0.273 e. The molecule has 0 radical (unpaired) electrons. The monoisotopic (exact) mass is 564 g/mol. The van der Waals surface area contributed by atoms with Crippen molar-refractivity contribution in [1.82, 2.24) is 34.6 Å². The molecule has 1 aliphatic heterocycles. The molecule has 1 unspecified atom stereocenters. The third-order valence-corrected chi connectivity index (χ3v) is 8.23. The van der Waals surface area contributed by atoms with Gasteiger partial charge in [-0.2, -0.15) is 5.10 Å². The zero-order chi connectivity index (χ0) is 28.5. The van der Waals surface area contributed by atoms with Crippen LogP contribution in [0.25, 0.3) is 32.9 Å². The number of alkyl halides is 1. The molecule has 1 fully saturated rings. The number of fused-ring (bicyclic) bond motifs is 3. The maximum atomic E-state index is 15.8. The number of nitrogens with two attached hydrogens (primary N) is 1. The highest BCUT2D eigenvalue weighted by molar-refractivity contribution is 6.06. The number of nitrogens with one attached hydrogen (secondary N) is 2. The van der Waals surface area contributed by atoms with E-state index in [0.717, 1.165) is 29.5 Å². The SMILES string of the molecule is Nc1ccc(-c2ccc3c(C(=O)NC(c4ncn5c4C[C@@H](F)C5)c4[nH]c5ccccc5c4F)nn(C4CC4)c3c2)cn1. The van der Waals surface area contributed by atoms with Gasteiger partial charge in [0.15, 0.2) is 11.5 Å². The van der Waals surface area contributed by atoms with Crippen molar-refractivity contribution in [3.8, 4) is 11.1 Å². The van der Waals surface area contributed by atoms with Crippen molar-refractivity contribution in [2.75, 3.05) is 5.73 Å². The zero-order valence-corrected chi connectivity index (χ0v) is 22.4. The molecule has 0 spiro atoms. The summed E-state index contributed by atoms with van der Waals surface area (Å²) in [6, 6.07) is 15.7. The van der Waals surface area contributed by atoms with Gasteiger partial charge in [0, 0.05) is 40.2 Å². The number of pyridine rings is 1. The number of amides is 1. The minimum Gasteiger partial charge on any atom is -0.384 e. The fourth-order valence-corrected chi connectivity index (χ4v) is 5.99. The summed E-state index contributed by atoms with van der Waals surface area (Å²) in [5, 5.41) is 8.85. The Kier molecular flexibility index (Phi) is 5.43. The van der Waals surface area contributed by atoms with Crippen molar-refractivity contribution < 1.29 is 13.6 Å². The Morgan fingerprint density at radius 3 is 2.69 bits per heavy atom. The molecule has 4 aromatic heterocycles. The summed E-state index contributed by atoms with van der Waals surface area (Å²) in [6.45, 7) is 0.181. The summed E-state index contributed by atoms with van der Waals surface area (Å²) in [5.74, 6) is -0.517. The van der Waals surface area contributed by atoms with Gasteiger partial charge in [0.05, 0.1) is 35.8 Å². The zero-order valence-electron chi connectivity index (χ0n) is 22.4. The molecule has 42 heavy (non-hydrogen) atoms. The van der Waals surface area contributed by atoms with Gasteiger partial charge in [-0.05, 0) is 54.8 Å². The average molecular weight is 565 g/mol. The van der Waals surface area contributed by atoms with Crippen LogP contribution in [-0.2, 0) is 13.0 Å². The van der Waals surface area contributed by atoms with Gasteiger partial charge in [0.1, 0.15) is 18.0 Å². The molecule has 0 bridgehead atoms. The summed E-state index contributed by atoms with van der Waals surface area (Å²) >= 11 is 0. The number of hydrogen-bond donors (Lipinski definition) is 3. The number of anilines is 1. The third-order valence-electron chi connectivity index (χ3n) is 8.23. The second kappa shape index (κ2) is 9.23. The Balaban J connectivity index is 1.22. The van der Waals surface area contributed by atoms with Crippen molar-refractivity contribution in [2.45, 2.75) is 44.1 Å². The molecule has 6 aromatic rings. The van der Waals surface area contributed by atoms with Gasteiger partial charge in [-0.1, -0.05) is 18.2 Å². The van der Waals surface area contributed by atoms with E-state index >= 15 is 4.39 Å². The van der Waals surface area contributed by atoms with Gasteiger partial charge in [0.25, 0.3) is 5.91 Å². The Morgan fingerprint density at radius 2 is 1.90 bits per heavy atom. The highest BCUT2D eigenvalue weighted by Gasteiger charge is 2.35. The number of para-hydroxylation sites is 1. The molecule has 2 aliphatic rings. The molecule has 4 N–H and O–H groups in total. The van der Waals surface area contributed by atoms with Crippen molar-refractivity contribution in [2.24, 2.45) is 0 Å². The lowest BCUT2D eigenvalue weighted by Crippen LogP contribution is -2.31. The van der Waals surface area contributed by atoms with E-state index in [4.69, 9.17) is 10.8 Å². The maximum absolute atomic E-state index is 15.8. The van der Waals surface area contributed by atoms with Crippen LogP contribution in [0.2, 0.25) is 0 Å². The van der Waals surface area contributed by atoms with E-state index in [1.165, 1.54) is 0 Å². The molecule has 8 rings (SSSR count). The number of nitrogens with zero attached hydrogens (tertiary/aromatic N) is 5. The molecular weight excluding hydrogens is 538 g/mol. The molecule has 2 atom stereocenters. The predicted molar refractivity (Wildman–Crippen MR) is 154 cm³/mol. The van der Waals surface area contributed by atoms with Gasteiger partial charge in [-0.3, -0.25) is 9.48 Å². The molecular formula is C31H26F2N8O. The van der Waals surface area contributed by atoms with Gasteiger partial charge < -0.3 is 20.6 Å². The summed E-state index contributed by atoms with van der Waals surface area (Å²) < 4.78 is 33.8. The number of hydrogen-bond acceptors (Lipinski definition) is 5. The Morgan fingerprint density at radius 1 is 1.07 bits per heavy atom. The Hall–Kier alpha value is -5.06. The van der Waals surface area contributed by atoms with Crippen LogP contribution in [0.1, 0.15) is 52.5 Å². The fraction of sp³-hybridized carbons (Fsp3) is 0.226. The van der Waals surface area contributed by atoms with E-state index in [0.29, 0.717) is 33.5 Å². The van der Waals surface area contributed by atoms with Crippen LogP contribution >= 0.6 is 0 Å². The van der Waals surface area contributed by atoms with Gasteiger partial charge in [0.2, 0.25) is 0 Å². The van der Waals surface area contributed by atoms with E-state index in [-0.39, 0.29) is 30.4 Å². The van der Waals surface area contributed by atoms with Crippen LogP contribution in [0.5, 0.6) is 0 Å². The summed E-state index contributed by atoms with van der Waals surface area (Å²) in [7, 11) is 0. The lowest BCUT2D eigenvalue weighted by Gasteiger charge is -2.17. The van der Waals surface area contributed by atoms with Crippen molar-refractivity contribution in [1.29, 1.82) is 0 Å². The van der Waals surface area contributed by atoms with Crippen molar-refractivity contribution in [3.05, 3.63) is 95.7 Å². The van der Waals surface area contributed by atoms with Crippen LogP contribution in [0.3, 0.4) is 0 Å². The number of aromatic nitrogens is 6. The molecule has 5 heterocycles. The Labute approximate surface area is 238 Å². The Bertz CT molecular complexity index is 2000. The third kappa shape index (κ3) is 3.95. The molecule has 2 aromatic carbocycles. The standard InChI is InChI=1S/C31H26F2N8O/c32-18-12-24-28(36-15-40(24)14-18)30(29-26(33)20-3-1-2-4-22(20)37-29)38-31(42)27-21-9-5-16(17-6-10-25(34)35-13-17)11-23(21)41(39-27)19-7-8-19/h1-6,9-11,13,15,18-19,30,37H,7-8,12,14H2,(H2,34,35)(H,38,42)/t18-,30?/m1/s1. The van der Waals surface area contributed by atoms with E-state index in [1.807, 2.05) is 35.0 Å². The minimum atomic E-state index is -1.06. The molecule has 0 saturated heterocycles. The number of carbonyl (C=O) groups excluding carboxylic acids is 1. The second-order valence-corrected chi connectivity index (χ2v) is 11.1. The van der Waals surface area contributed by atoms with Crippen LogP contribution in [0, 0.1) is 5.82 Å². The van der Waals surface area contributed by atoms with E-state index < -0.39 is 23.9 Å². The largest absolute Gasteiger partial charge is 0.384 e. The molecule has 11 heteroatoms. The molecule has 1 amide bonds. The highest BCUT2D eigenvalue weighted by atomic mass is 19.1. The van der Waals surface area contributed by atoms with Gasteiger partial charge in [-0.25, -0.2) is 18.7 Å². The van der Waals surface area contributed by atoms with E-state index in [1.54, 1.807) is 41.4 Å². The second-order valence-electron chi connectivity index (χ2n) is 11.1. The van der Waals surface area contributed by atoms with E-state index in [9.17, 15) is 9.18 Å². The van der Waals surface area contributed by atoms with Gasteiger partial charge in [-0.15, -0.1) is 0 Å². The minimum absolute atomic E-state index is 0.144. The number of carbonyl (C=O) groups is 1. The summed E-state index contributed by atoms with van der Waals surface area (Å²) in [6.07, 6.45) is 4.29. The highest BCUT2D eigenvalue weighted by Crippen LogP contribution is 2.39. The lowest BCUT2D eigenvalue weighted by atomic mass is 10.0. The number of benzene rings is 2. The van der Waals surface area contributed by atoms with Crippen LogP contribution in [0.15, 0.2) is 67.1 Å². The molecule has 9 nitrogen and oxygen atoms in total. The van der Waals surface area contributed by atoms with Crippen molar-refractivity contribution in [3.63, 3.8) is 0 Å². The average Bonchev–Trinajstić information content (AvgIpc) is 3.33. The molecule has 1 aliphatic carbocycles. The number of imidazole rings is 1. The van der Waals surface area contributed by atoms with Crippen LogP contribution < -0.4 is 11.1 Å². The first kappa shape index (κ1) is 24.7.